The lowest BCUT2D eigenvalue weighted by molar-refractivity contribution is -0.137. The minimum atomic E-state index is -1.45. The first-order chi connectivity index (χ1) is 6.04. The van der Waals surface area contributed by atoms with Crippen molar-refractivity contribution in [1.82, 2.24) is 5.32 Å². The summed E-state index contributed by atoms with van der Waals surface area (Å²) in [6, 6.07) is 0. The second kappa shape index (κ2) is 4.43. The lowest BCUT2D eigenvalue weighted by Gasteiger charge is -2.37. The summed E-state index contributed by atoms with van der Waals surface area (Å²) in [6.45, 7) is 5.68. The van der Waals surface area contributed by atoms with Gasteiger partial charge < -0.3 is 10.4 Å². The van der Waals surface area contributed by atoms with Gasteiger partial charge in [-0.05, 0) is 26.7 Å². The fourth-order valence-corrected chi connectivity index (χ4v) is 0.973. The van der Waals surface area contributed by atoms with Gasteiger partial charge >= 0.3 is 5.97 Å². The van der Waals surface area contributed by atoms with Crippen LogP contribution in [0.15, 0.2) is 0 Å². The highest BCUT2D eigenvalue weighted by atomic mass is 16.4. The number of nitrogens with one attached hydrogen (secondary N) is 1. The van der Waals surface area contributed by atoms with Gasteiger partial charge in [0.15, 0.2) is 0 Å². The van der Waals surface area contributed by atoms with Crippen LogP contribution in [-0.4, -0.2) is 46.1 Å². The van der Waals surface area contributed by atoms with Gasteiger partial charge in [-0.15, -0.1) is 0 Å². The smallest absolute Gasteiger partial charge is 0.302 e. The van der Waals surface area contributed by atoms with Gasteiger partial charge in [-0.25, -0.2) is 0 Å². The molecule has 6 heteroatoms. The highest BCUT2D eigenvalue weighted by molar-refractivity contribution is 6.44. The fourth-order valence-electron chi connectivity index (χ4n) is 0.973. The topological polar surface area (TPSA) is 49.3 Å². The molecule has 0 aliphatic rings. The Morgan fingerprint density at radius 3 is 2.14 bits per heavy atom. The molecule has 0 fully saturated rings. The Bertz CT molecular complexity index is 213. The number of carboxylic acids is 1. The van der Waals surface area contributed by atoms with Crippen LogP contribution >= 0.6 is 0 Å². The lowest BCUT2D eigenvalue weighted by Crippen LogP contribution is -2.51. The van der Waals surface area contributed by atoms with Crippen LogP contribution in [0.1, 0.15) is 27.2 Å². The zero-order valence-corrected chi connectivity index (χ0v) is 8.87. The summed E-state index contributed by atoms with van der Waals surface area (Å²) < 4.78 is 0. The maximum atomic E-state index is 10.4. The maximum Gasteiger partial charge on any atom is 0.302 e. The number of carboxylic acid groups (broad SMARTS) is 1. The zero-order valence-electron chi connectivity index (χ0n) is 8.87. The van der Waals surface area contributed by atoms with Crippen molar-refractivity contribution < 1.29 is 9.90 Å². The van der Waals surface area contributed by atoms with Gasteiger partial charge in [-0.3, -0.25) is 4.79 Å². The molecule has 0 aliphatic carbocycles. The van der Waals surface area contributed by atoms with Crippen LogP contribution in [0.5, 0.6) is 0 Å². The van der Waals surface area contributed by atoms with Gasteiger partial charge in [0.25, 0.3) is 0 Å². The van der Waals surface area contributed by atoms with Crippen LogP contribution in [0, 0.1) is 0 Å². The zero-order chi connectivity index (χ0) is 11.6. The summed E-state index contributed by atoms with van der Waals surface area (Å²) >= 11 is 0. The molecule has 0 amide bonds. The average Bonchev–Trinajstić information content (AvgIpc) is 1.79. The summed E-state index contributed by atoms with van der Waals surface area (Å²) in [4.78, 5) is 10.4. The SMILES string of the molecule is [B]C(NC(C)(C)C)C([B])([B])CC(=O)O. The summed E-state index contributed by atoms with van der Waals surface area (Å²) in [5.74, 6) is -1.83. The van der Waals surface area contributed by atoms with E-state index in [0.717, 1.165) is 0 Å². The molecule has 0 spiro atoms. The first kappa shape index (κ1) is 13.6. The van der Waals surface area contributed by atoms with Crippen LogP contribution in [0.25, 0.3) is 0 Å². The molecule has 6 radical (unpaired) electrons. The third-order valence-electron chi connectivity index (χ3n) is 1.62. The molecule has 1 atom stereocenters. The summed E-state index contributed by atoms with van der Waals surface area (Å²) in [6.07, 6.45) is -0.378. The normalized spacial score (nSPS) is 15.1. The van der Waals surface area contributed by atoms with E-state index in [1.54, 1.807) is 0 Å². The number of rotatable bonds is 4. The van der Waals surface area contributed by atoms with E-state index in [1.165, 1.54) is 0 Å². The number of hydrogen-bond donors (Lipinski definition) is 2. The van der Waals surface area contributed by atoms with Gasteiger partial charge in [0.05, 0.1) is 23.5 Å². The second-order valence-corrected chi connectivity index (χ2v) is 4.55. The minimum absolute atomic E-state index is 0.262. The van der Waals surface area contributed by atoms with E-state index in [2.05, 4.69) is 5.32 Å². The molecule has 72 valence electrons. The third-order valence-corrected chi connectivity index (χ3v) is 1.62. The Morgan fingerprint density at radius 2 is 1.86 bits per heavy atom. The predicted molar refractivity (Wildman–Crippen MR) is 58.9 cm³/mol. The monoisotopic (exact) mass is 189 g/mol. The summed E-state index contributed by atoms with van der Waals surface area (Å²) in [5, 5.41) is 10.0. The van der Waals surface area contributed by atoms with Gasteiger partial charge in [-0.2, -0.15) is 0 Å². The second-order valence-electron chi connectivity index (χ2n) is 4.55. The van der Waals surface area contributed by atoms with Crippen LogP contribution in [-0.2, 0) is 4.79 Å². The van der Waals surface area contributed by atoms with E-state index in [-0.39, 0.29) is 12.0 Å². The molecule has 1 unspecified atom stereocenters. The van der Waals surface area contributed by atoms with Gasteiger partial charge in [0.2, 0.25) is 0 Å². The maximum absolute atomic E-state index is 10.4. The molecule has 0 bridgehead atoms. The molecule has 2 N–H and O–H groups in total. The highest BCUT2D eigenvalue weighted by Gasteiger charge is 2.29. The first-order valence-electron chi connectivity index (χ1n) is 4.37. The van der Waals surface area contributed by atoms with Gasteiger partial charge in [0, 0.05) is 12.0 Å². The molecule has 0 aromatic heterocycles. The summed E-state index contributed by atoms with van der Waals surface area (Å²) in [7, 11) is 16.8. The number of hydrogen-bond acceptors (Lipinski definition) is 2. The van der Waals surface area contributed by atoms with Crippen molar-refractivity contribution in [3.8, 4) is 0 Å². The third kappa shape index (κ3) is 5.38. The van der Waals surface area contributed by atoms with Crippen molar-refractivity contribution in [3.05, 3.63) is 0 Å². The van der Waals surface area contributed by atoms with Crippen LogP contribution in [0.3, 0.4) is 0 Å². The van der Waals surface area contributed by atoms with E-state index in [1.807, 2.05) is 20.8 Å². The molecule has 0 aromatic rings. The van der Waals surface area contributed by atoms with Crippen LogP contribution in [0.4, 0.5) is 0 Å². The minimum Gasteiger partial charge on any atom is -0.481 e. The van der Waals surface area contributed by atoms with Gasteiger partial charge in [0.1, 0.15) is 0 Å². The van der Waals surface area contributed by atoms with Gasteiger partial charge in [-0.1, -0.05) is 5.21 Å². The Kier molecular flexibility index (Phi) is 4.31. The Hall–Kier alpha value is -0.375. The molecule has 0 heterocycles. The van der Waals surface area contributed by atoms with E-state index in [0.29, 0.717) is 0 Å². The van der Waals surface area contributed by atoms with E-state index < -0.39 is 17.1 Å². The molecule has 0 saturated heterocycles. The van der Waals surface area contributed by atoms with E-state index in [4.69, 9.17) is 28.6 Å². The standard InChI is InChI=1S/C8H14B3NO2/c1-7(2,3)12-6(9)8(10,11)4-5(13)14/h6,12H,4H2,1-3H3,(H,13,14). The number of aliphatic carboxylic acids is 1. The largest absolute Gasteiger partial charge is 0.481 e. The molecule has 0 aliphatic heterocycles. The van der Waals surface area contributed by atoms with Crippen molar-refractivity contribution in [2.45, 2.75) is 43.9 Å². The van der Waals surface area contributed by atoms with Crippen molar-refractivity contribution in [1.29, 1.82) is 0 Å². The fraction of sp³-hybridized carbons (Fsp3) is 0.875. The molecular weight excluding hydrogens is 175 g/mol. The molecule has 0 rings (SSSR count). The quantitative estimate of drug-likeness (QED) is 0.601. The lowest BCUT2D eigenvalue weighted by atomic mass is 9.45. The average molecular weight is 189 g/mol. The molecular formula is C8H14B3NO2. The van der Waals surface area contributed by atoms with Crippen molar-refractivity contribution in [2.75, 3.05) is 0 Å². The molecule has 0 aromatic carbocycles. The van der Waals surface area contributed by atoms with E-state index >= 15 is 0 Å². The summed E-state index contributed by atoms with van der Waals surface area (Å²) in [5.41, 5.74) is -0.262. The first-order valence-corrected chi connectivity index (χ1v) is 4.37. The van der Waals surface area contributed by atoms with Crippen LogP contribution < -0.4 is 5.32 Å². The van der Waals surface area contributed by atoms with Crippen LogP contribution in [0.2, 0.25) is 5.21 Å². The Morgan fingerprint density at radius 1 is 1.43 bits per heavy atom. The van der Waals surface area contributed by atoms with E-state index in [9.17, 15) is 4.79 Å². The van der Waals surface area contributed by atoms with Crippen molar-refractivity contribution in [2.24, 2.45) is 0 Å². The van der Waals surface area contributed by atoms with Crippen molar-refractivity contribution >= 4 is 29.5 Å². The predicted octanol–water partition coefficient (Wildman–Crippen LogP) is -0.203. The highest BCUT2D eigenvalue weighted by Crippen LogP contribution is 2.25. The molecule has 14 heavy (non-hydrogen) atoms. The molecule has 3 nitrogen and oxygen atoms in total. The molecule has 0 saturated carbocycles. The number of carbonyl (C=O) groups is 1. The Balaban J connectivity index is 4.35. The van der Waals surface area contributed by atoms with Crippen molar-refractivity contribution in [3.63, 3.8) is 0 Å². The Labute approximate surface area is 89.3 Å².